The van der Waals surface area contributed by atoms with Gasteiger partial charge in [-0.25, -0.2) is 0 Å². The van der Waals surface area contributed by atoms with Crippen LogP contribution in [0.15, 0.2) is 53.0 Å². The maximum absolute atomic E-state index is 13.3. The van der Waals surface area contributed by atoms with Crippen LogP contribution < -0.4 is 5.32 Å². The number of anilines is 1. The van der Waals surface area contributed by atoms with Crippen LogP contribution in [0.25, 0.3) is 0 Å². The largest absolute Gasteiger partial charge is 0.379 e. The lowest BCUT2D eigenvalue weighted by Gasteiger charge is -2.33. The van der Waals surface area contributed by atoms with Gasteiger partial charge in [-0.2, -0.15) is 0 Å². The highest BCUT2D eigenvalue weighted by Gasteiger charge is 2.34. The zero-order valence-corrected chi connectivity index (χ0v) is 17.0. The number of ether oxygens (including phenoxy) is 1. The smallest absolute Gasteiger partial charge is 0.244 e. The number of halogens is 1. The fourth-order valence-corrected chi connectivity index (χ4v) is 4.12. The Morgan fingerprint density at radius 1 is 1.14 bits per heavy atom. The maximum atomic E-state index is 13.3. The number of fused-ring (bicyclic) bond motifs is 1. The molecule has 0 aromatic heterocycles. The van der Waals surface area contributed by atoms with Crippen LogP contribution in [0.1, 0.15) is 17.2 Å². The van der Waals surface area contributed by atoms with Crippen LogP contribution in [0, 0.1) is 0 Å². The quantitative estimate of drug-likeness (QED) is 0.791. The number of hydrogen-bond acceptors (Lipinski definition) is 4. The van der Waals surface area contributed by atoms with Gasteiger partial charge in [-0.3, -0.25) is 14.5 Å². The molecule has 6 nitrogen and oxygen atoms in total. The van der Waals surface area contributed by atoms with Crippen molar-refractivity contribution in [3.8, 4) is 0 Å². The number of nitrogens with zero attached hydrogens (tertiary/aromatic N) is 2. The molecule has 2 heterocycles. The van der Waals surface area contributed by atoms with E-state index in [2.05, 4.69) is 26.1 Å². The van der Waals surface area contributed by atoms with Crippen molar-refractivity contribution in [2.75, 3.05) is 44.7 Å². The second-order valence-electron chi connectivity index (χ2n) is 7.00. The van der Waals surface area contributed by atoms with Gasteiger partial charge in [0.05, 0.1) is 25.8 Å². The van der Waals surface area contributed by atoms with Crippen LogP contribution in [0.5, 0.6) is 0 Å². The Bertz CT molecular complexity index is 868. The highest BCUT2D eigenvalue weighted by molar-refractivity contribution is 9.10. The van der Waals surface area contributed by atoms with Gasteiger partial charge in [0.2, 0.25) is 11.8 Å². The van der Waals surface area contributed by atoms with Crippen molar-refractivity contribution in [2.45, 2.75) is 6.04 Å². The fraction of sp³-hybridized carbons (Fsp3) is 0.333. The first kappa shape index (κ1) is 19.1. The number of hydrogen-bond donors (Lipinski definition) is 1. The molecule has 1 N–H and O–H groups in total. The number of morpholine rings is 1. The summed E-state index contributed by atoms with van der Waals surface area (Å²) in [7, 11) is 0. The third kappa shape index (κ3) is 4.11. The lowest BCUT2D eigenvalue weighted by atomic mass is 9.96. The Hall–Kier alpha value is -2.22. The standard InChI is InChI=1S/C21H22BrN3O3/c22-16-6-7-18-17(12-16)21(15-4-2-1-3-5-15)25(13-19(26)23-18)20(27)14-24-8-10-28-11-9-24/h1-7,12,21H,8-11,13-14H2,(H,23,26)/t21-/m1/s1. The molecule has 1 fully saturated rings. The third-order valence-electron chi connectivity index (χ3n) is 5.11. The van der Waals surface area contributed by atoms with Gasteiger partial charge in [0.25, 0.3) is 0 Å². The topological polar surface area (TPSA) is 61.9 Å². The Morgan fingerprint density at radius 2 is 1.89 bits per heavy atom. The van der Waals surface area contributed by atoms with Crippen molar-refractivity contribution in [1.29, 1.82) is 0 Å². The Labute approximate surface area is 172 Å². The molecule has 4 rings (SSSR count). The van der Waals surface area contributed by atoms with E-state index in [4.69, 9.17) is 4.74 Å². The van der Waals surface area contributed by atoms with Crippen molar-refractivity contribution in [2.24, 2.45) is 0 Å². The van der Waals surface area contributed by atoms with Crippen molar-refractivity contribution in [3.05, 3.63) is 64.1 Å². The van der Waals surface area contributed by atoms with E-state index < -0.39 is 0 Å². The summed E-state index contributed by atoms with van der Waals surface area (Å²) in [6.07, 6.45) is 0. The normalized spacial score (nSPS) is 20.2. The van der Waals surface area contributed by atoms with Crippen LogP contribution in [0.2, 0.25) is 0 Å². The highest BCUT2D eigenvalue weighted by Crippen LogP contribution is 2.37. The van der Waals surface area contributed by atoms with E-state index in [1.165, 1.54) is 0 Å². The van der Waals surface area contributed by atoms with E-state index in [0.29, 0.717) is 13.2 Å². The van der Waals surface area contributed by atoms with Crippen molar-refractivity contribution in [1.82, 2.24) is 9.80 Å². The van der Waals surface area contributed by atoms with Gasteiger partial charge in [-0.1, -0.05) is 46.3 Å². The van der Waals surface area contributed by atoms with E-state index in [1.54, 1.807) is 4.90 Å². The predicted molar refractivity (Wildman–Crippen MR) is 110 cm³/mol. The number of carbonyl (C=O) groups is 2. The molecule has 1 atom stereocenters. The van der Waals surface area contributed by atoms with Crippen LogP contribution in [-0.2, 0) is 14.3 Å². The maximum Gasteiger partial charge on any atom is 0.244 e. The summed E-state index contributed by atoms with van der Waals surface area (Å²) in [6.45, 7) is 3.02. The average Bonchev–Trinajstić information content (AvgIpc) is 2.85. The number of carbonyl (C=O) groups excluding carboxylic acids is 2. The van der Waals surface area contributed by atoms with Gasteiger partial charge >= 0.3 is 0 Å². The molecule has 0 aliphatic carbocycles. The Kier molecular flexibility index (Phi) is 5.75. The highest BCUT2D eigenvalue weighted by atomic mass is 79.9. The number of benzene rings is 2. The van der Waals surface area contributed by atoms with Crippen LogP contribution in [-0.4, -0.2) is 61.0 Å². The minimum Gasteiger partial charge on any atom is -0.379 e. The lowest BCUT2D eigenvalue weighted by molar-refractivity contribution is -0.138. The molecule has 28 heavy (non-hydrogen) atoms. The van der Waals surface area contributed by atoms with E-state index in [9.17, 15) is 9.59 Å². The molecular weight excluding hydrogens is 422 g/mol. The van der Waals surface area contributed by atoms with Gasteiger partial charge in [0.1, 0.15) is 6.54 Å². The first-order valence-corrected chi connectivity index (χ1v) is 10.1. The molecule has 0 unspecified atom stereocenters. The molecule has 2 aliphatic rings. The number of rotatable bonds is 3. The zero-order chi connectivity index (χ0) is 19.5. The first-order valence-electron chi connectivity index (χ1n) is 9.35. The second kappa shape index (κ2) is 8.43. The molecule has 2 aliphatic heterocycles. The Morgan fingerprint density at radius 3 is 2.64 bits per heavy atom. The SMILES string of the molecule is O=C1CN(C(=O)CN2CCOCC2)[C@H](c2ccccc2)c2cc(Br)ccc2N1. The second-order valence-corrected chi connectivity index (χ2v) is 7.92. The minimum absolute atomic E-state index is 0.0229. The van der Waals surface area contributed by atoms with E-state index in [1.807, 2.05) is 48.5 Å². The van der Waals surface area contributed by atoms with E-state index in [0.717, 1.165) is 34.4 Å². The monoisotopic (exact) mass is 443 g/mol. The molecule has 0 spiro atoms. The molecule has 0 saturated carbocycles. The van der Waals surface area contributed by atoms with Crippen molar-refractivity contribution in [3.63, 3.8) is 0 Å². The third-order valence-corrected chi connectivity index (χ3v) is 5.60. The van der Waals surface area contributed by atoms with Crippen molar-refractivity contribution >= 4 is 33.4 Å². The molecule has 0 bridgehead atoms. The van der Waals surface area contributed by atoms with E-state index >= 15 is 0 Å². The summed E-state index contributed by atoms with van der Waals surface area (Å²) < 4.78 is 6.28. The zero-order valence-electron chi connectivity index (χ0n) is 15.4. The van der Waals surface area contributed by atoms with Gasteiger partial charge in [0, 0.05) is 28.8 Å². The molecule has 146 valence electrons. The van der Waals surface area contributed by atoms with Crippen LogP contribution >= 0.6 is 15.9 Å². The van der Waals surface area contributed by atoms with Gasteiger partial charge in [-0.15, -0.1) is 0 Å². The molecule has 1 saturated heterocycles. The van der Waals surface area contributed by atoms with Crippen LogP contribution in [0.4, 0.5) is 5.69 Å². The molecule has 7 heteroatoms. The van der Waals surface area contributed by atoms with Gasteiger partial charge < -0.3 is 15.0 Å². The molecule has 0 radical (unpaired) electrons. The summed E-state index contributed by atoms with van der Waals surface area (Å²) in [4.78, 5) is 29.6. The molecular formula is C21H22BrN3O3. The summed E-state index contributed by atoms with van der Waals surface area (Å²) in [5.74, 6) is -0.240. The first-order chi connectivity index (χ1) is 13.6. The van der Waals surface area contributed by atoms with Gasteiger partial charge in [-0.05, 0) is 23.8 Å². The molecule has 2 amide bonds. The van der Waals surface area contributed by atoms with Crippen LogP contribution in [0.3, 0.4) is 0 Å². The molecule has 2 aromatic rings. The molecule has 2 aromatic carbocycles. The number of nitrogens with one attached hydrogen (secondary N) is 1. The average molecular weight is 444 g/mol. The minimum atomic E-state index is -0.332. The fourth-order valence-electron chi connectivity index (χ4n) is 3.75. The van der Waals surface area contributed by atoms with E-state index in [-0.39, 0.29) is 30.9 Å². The summed E-state index contributed by atoms with van der Waals surface area (Å²) >= 11 is 3.53. The Balaban J connectivity index is 1.73. The summed E-state index contributed by atoms with van der Waals surface area (Å²) in [6, 6.07) is 15.3. The van der Waals surface area contributed by atoms with Crippen molar-refractivity contribution < 1.29 is 14.3 Å². The lowest BCUT2D eigenvalue weighted by Crippen LogP contribution is -2.47. The predicted octanol–water partition coefficient (Wildman–Crippen LogP) is 2.65. The summed E-state index contributed by atoms with van der Waals surface area (Å²) in [5, 5.41) is 2.95. The van der Waals surface area contributed by atoms with Gasteiger partial charge in [0.15, 0.2) is 0 Å². The summed E-state index contributed by atoms with van der Waals surface area (Å²) in [5.41, 5.74) is 2.62. The number of amides is 2.